The molecule has 18 heavy (non-hydrogen) atoms. The van der Waals surface area contributed by atoms with Crippen molar-refractivity contribution in [2.45, 2.75) is 18.7 Å². The smallest absolute Gasteiger partial charge is 0.0639 e. The summed E-state index contributed by atoms with van der Waals surface area (Å²) in [5.74, 6) is 0. The van der Waals surface area contributed by atoms with Crippen LogP contribution < -0.4 is 5.32 Å². The highest BCUT2D eigenvalue weighted by Crippen LogP contribution is 2.26. The number of rotatable bonds is 9. The van der Waals surface area contributed by atoms with Gasteiger partial charge in [0.1, 0.15) is 0 Å². The number of hydrogen-bond donors (Lipinski definition) is 1. The number of anilines is 1. The molecule has 1 aromatic carbocycles. The van der Waals surface area contributed by atoms with Crippen LogP contribution in [-0.2, 0) is 9.47 Å². The van der Waals surface area contributed by atoms with Crippen LogP contribution in [0.25, 0.3) is 0 Å². The highest BCUT2D eigenvalue weighted by molar-refractivity contribution is 6.21. The van der Waals surface area contributed by atoms with Crippen molar-refractivity contribution < 1.29 is 9.47 Å². The Morgan fingerprint density at radius 2 is 2.00 bits per heavy atom. The Morgan fingerprint density at radius 1 is 1.22 bits per heavy atom. The molecule has 0 saturated heterocycles. The second-order valence-electron chi connectivity index (χ2n) is 4.09. The first-order valence-corrected chi connectivity index (χ1v) is 6.73. The van der Waals surface area contributed by atoms with Crippen LogP contribution in [0.1, 0.15) is 24.3 Å². The van der Waals surface area contributed by atoms with Crippen molar-refractivity contribution in [1.82, 2.24) is 0 Å². The van der Waals surface area contributed by atoms with Crippen LogP contribution in [0.5, 0.6) is 0 Å². The van der Waals surface area contributed by atoms with E-state index in [-0.39, 0.29) is 5.38 Å². The minimum absolute atomic E-state index is 0.0105. The van der Waals surface area contributed by atoms with Crippen molar-refractivity contribution in [2.24, 2.45) is 0 Å². The molecule has 0 saturated carbocycles. The summed E-state index contributed by atoms with van der Waals surface area (Å²) in [5.41, 5.74) is 2.21. The molecule has 0 bridgehead atoms. The van der Waals surface area contributed by atoms with Gasteiger partial charge in [-0.1, -0.05) is 18.2 Å². The number of alkyl halides is 1. The Hall–Kier alpha value is -0.770. The fraction of sp³-hybridized carbons (Fsp3) is 0.571. The van der Waals surface area contributed by atoms with Gasteiger partial charge in [-0.25, -0.2) is 0 Å². The lowest BCUT2D eigenvalue weighted by Crippen LogP contribution is -2.12. The number of benzene rings is 1. The Kier molecular flexibility index (Phi) is 7.81. The molecule has 1 aromatic rings. The van der Waals surface area contributed by atoms with Crippen molar-refractivity contribution in [1.29, 1.82) is 0 Å². The standard InChI is InChI=1S/C14H22ClNO2/c1-12(15)13-6-3-4-7-14(13)16-8-11-18-10-5-9-17-2/h3-4,6-7,12,16H,5,8-11H2,1-2H3. The number of methoxy groups -OCH3 is 1. The van der Waals surface area contributed by atoms with Gasteiger partial charge < -0.3 is 14.8 Å². The summed E-state index contributed by atoms with van der Waals surface area (Å²) in [6, 6.07) is 8.09. The molecule has 0 radical (unpaired) electrons. The molecule has 0 heterocycles. The van der Waals surface area contributed by atoms with E-state index in [2.05, 4.69) is 5.32 Å². The number of nitrogens with one attached hydrogen (secondary N) is 1. The monoisotopic (exact) mass is 271 g/mol. The van der Waals surface area contributed by atoms with Gasteiger partial charge in [0.05, 0.1) is 12.0 Å². The topological polar surface area (TPSA) is 30.5 Å². The molecule has 1 N–H and O–H groups in total. The van der Waals surface area contributed by atoms with Gasteiger partial charge in [0.25, 0.3) is 0 Å². The van der Waals surface area contributed by atoms with Crippen molar-refractivity contribution in [3.05, 3.63) is 29.8 Å². The summed E-state index contributed by atoms with van der Waals surface area (Å²) in [5, 5.41) is 3.36. The second kappa shape index (κ2) is 9.20. The SMILES string of the molecule is COCCCOCCNc1ccccc1C(C)Cl. The molecule has 0 aliphatic rings. The molecule has 1 unspecified atom stereocenters. The van der Waals surface area contributed by atoms with Crippen LogP contribution in [0, 0.1) is 0 Å². The zero-order chi connectivity index (χ0) is 13.2. The molecule has 4 heteroatoms. The lowest BCUT2D eigenvalue weighted by atomic mass is 10.1. The maximum Gasteiger partial charge on any atom is 0.0639 e. The summed E-state index contributed by atoms with van der Waals surface area (Å²) in [6.45, 7) is 4.94. The van der Waals surface area contributed by atoms with Crippen LogP contribution in [0.3, 0.4) is 0 Å². The van der Waals surface area contributed by atoms with Gasteiger partial charge in [-0.15, -0.1) is 11.6 Å². The molecule has 0 spiro atoms. The lowest BCUT2D eigenvalue weighted by molar-refractivity contribution is 0.109. The molecule has 0 aromatic heterocycles. The summed E-state index contributed by atoms with van der Waals surface area (Å²) in [7, 11) is 1.70. The quantitative estimate of drug-likeness (QED) is 0.551. The van der Waals surface area contributed by atoms with Crippen LogP contribution in [-0.4, -0.2) is 33.5 Å². The predicted octanol–water partition coefficient (Wildman–Crippen LogP) is 3.45. The average molecular weight is 272 g/mol. The third-order valence-corrected chi connectivity index (χ3v) is 2.82. The van der Waals surface area contributed by atoms with E-state index in [1.807, 2.05) is 31.2 Å². The van der Waals surface area contributed by atoms with Gasteiger partial charge in [0.2, 0.25) is 0 Å². The van der Waals surface area contributed by atoms with Crippen LogP contribution >= 0.6 is 11.6 Å². The molecule has 3 nitrogen and oxygen atoms in total. The number of para-hydroxylation sites is 1. The number of ether oxygens (including phenoxy) is 2. The third-order valence-electron chi connectivity index (χ3n) is 2.59. The van der Waals surface area contributed by atoms with E-state index >= 15 is 0 Å². The van der Waals surface area contributed by atoms with Gasteiger partial charge in [-0.05, 0) is 25.0 Å². The van der Waals surface area contributed by atoms with Crippen molar-refractivity contribution in [2.75, 3.05) is 38.8 Å². The highest BCUT2D eigenvalue weighted by atomic mass is 35.5. The van der Waals surface area contributed by atoms with E-state index in [4.69, 9.17) is 21.1 Å². The first kappa shape index (κ1) is 15.3. The van der Waals surface area contributed by atoms with E-state index in [1.54, 1.807) is 7.11 Å². The number of hydrogen-bond acceptors (Lipinski definition) is 3. The van der Waals surface area contributed by atoms with Gasteiger partial charge in [-0.3, -0.25) is 0 Å². The molecular formula is C14H22ClNO2. The minimum atomic E-state index is 0.0105. The minimum Gasteiger partial charge on any atom is -0.385 e. The van der Waals surface area contributed by atoms with E-state index in [1.165, 1.54) is 0 Å². The molecule has 1 atom stereocenters. The van der Waals surface area contributed by atoms with Crippen LogP contribution in [0.2, 0.25) is 0 Å². The Labute approximate surface area is 114 Å². The fourth-order valence-corrected chi connectivity index (χ4v) is 1.86. The average Bonchev–Trinajstić information content (AvgIpc) is 2.38. The molecule has 1 rings (SSSR count). The summed E-state index contributed by atoms with van der Waals surface area (Å²) in [6.07, 6.45) is 0.936. The van der Waals surface area contributed by atoms with E-state index < -0.39 is 0 Å². The molecular weight excluding hydrogens is 250 g/mol. The zero-order valence-corrected chi connectivity index (χ0v) is 11.9. The molecule has 0 aliphatic carbocycles. The van der Waals surface area contributed by atoms with Gasteiger partial charge in [-0.2, -0.15) is 0 Å². The molecule has 0 fully saturated rings. The van der Waals surface area contributed by atoms with Gasteiger partial charge in [0, 0.05) is 32.6 Å². The summed E-state index contributed by atoms with van der Waals surface area (Å²) < 4.78 is 10.4. The Bertz CT molecular complexity index is 331. The largest absolute Gasteiger partial charge is 0.385 e. The van der Waals surface area contributed by atoms with Crippen LogP contribution in [0.15, 0.2) is 24.3 Å². The maximum atomic E-state index is 6.12. The second-order valence-corrected chi connectivity index (χ2v) is 4.74. The third kappa shape index (κ3) is 5.71. The Balaban J connectivity index is 2.23. The van der Waals surface area contributed by atoms with Crippen molar-refractivity contribution in [3.8, 4) is 0 Å². The van der Waals surface area contributed by atoms with Crippen molar-refractivity contribution >= 4 is 17.3 Å². The summed E-state index contributed by atoms with van der Waals surface area (Å²) >= 11 is 6.12. The lowest BCUT2D eigenvalue weighted by Gasteiger charge is -2.13. The first-order chi connectivity index (χ1) is 8.75. The van der Waals surface area contributed by atoms with Gasteiger partial charge in [0.15, 0.2) is 0 Å². The maximum absolute atomic E-state index is 6.12. The van der Waals surface area contributed by atoms with E-state index in [9.17, 15) is 0 Å². The van der Waals surface area contributed by atoms with E-state index in [0.717, 1.165) is 37.4 Å². The molecule has 0 aliphatic heterocycles. The molecule has 102 valence electrons. The fourth-order valence-electron chi connectivity index (χ4n) is 1.67. The van der Waals surface area contributed by atoms with Crippen LogP contribution in [0.4, 0.5) is 5.69 Å². The first-order valence-electron chi connectivity index (χ1n) is 6.29. The molecule has 0 amide bonds. The van der Waals surface area contributed by atoms with Crippen molar-refractivity contribution in [3.63, 3.8) is 0 Å². The van der Waals surface area contributed by atoms with Gasteiger partial charge >= 0.3 is 0 Å². The number of halogens is 1. The highest BCUT2D eigenvalue weighted by Gasteiger charge is 2.06. The predicted molar refractivity (Wildman–Crippen MR) is 76.5 cm³/mol. The Morgan fingerprint density at radius 3 is 2.72 bits per heavy atom. The summed E-state index contributed by atoms with van der Waals surface area (Å²) in [4.78, 5) is 0. The van der Waals surface area contributed by atoms with E-state index in [0.29, 0.717) is 6.61 Å². The normalized spacial score (nSPS) is 12.4. The zero-order valence-electron chi connectivity index (χ0n) is 11.1.